The normalized spacial score (nSPS) is 27.4. The minimum Gasteiger partial charge on any atom is -0.458 e. The van der Waals surface area contributed by atoms with Crippen molar-refractivity contribution in [3.63, 3.8) is 0 Å². The van der Waals surface area contributed by atoms with E-state index in [2.05, 4.69) is 4.85 Å². The molecule has 2 aromatic rings. The third-order valence-corrected chi connectivity index (χ3v) is 5.02. The van der Waals surface area contributed by atoms with Crippen LogP contribution in [0.2, 0.25) is 0 Å². The maximum atomic E-state index is 14.5. The largest absolute Gasteiger partial charge is 0.458 e. The van der Waals surface area contributed by atoms with Crippen molar-refractivity contribution in [2.75, 3.05) is 0 Å². The summed E-state index contributed by atoms with van der Waals surface area (Å²) >= 11 is 0. The first-order valence-electron chi connectivity index (χ1n) is 7.84. The Kier molecular flexibility index (Phi) is 3.61. The molecule has 4 rings (SSSR count). The maximum absolute atomic E-state index is 14.5. The molecule has 0 aromatic heterocycles. The summed E-state index contributed by atoms with van der Waals surface area (Å²) in [6, 6.07) is 3.27. The van der Waals surface area contributed by atoms with Gasteiger partial charge in [0.05, 0.1) is 6.57 Å². The number of ether oxygens (including phenoxy) is 1. The fourth-order valence-electron chi connectivity index (χ4n) is 3.68. The molecule has 11 heteroatoms. The van der Waals surface area contributed by atoms with Crippen molar-refractivity contribution < 1.29 is 45.0 Å². The van der Waals surface area contributed by atoms with Gasteiger partial charge in [-0.25, -0.2) is 13.6 Å². The van der Waals surface area contributed by atoms with Crippen molar-refractivity contribution in [3.05, 3.63) is 64.3 Å². The second-order valence-electron chi connectivity index (χ2n) is 6.60. The fourth-order valence-corrected chi connectivity index (χ4v) is 3.68. The lowest BCUT2D eigenvalue weighted by molar-refractivity contribution is -0.347. The molecule has 0 saturated carbocycles. The van der Waals surface area contributed by atoms with Crippen LogP contribution in [0.15, 0.2) is 30.3 Å². The Morgan fingerprint density at radius 1 is 1.03 bits per heavy atom. The van der Waals surface area contributed by atoms with Gasteiger partial charge in [0.1, 0.15) is 17.3 Å². The Morgan fingerprint density at radius 3 is 2.31 bits per heavy atom. The Bertz CT molecular complexity index is 1090. The predicted octanol–water partition coefficient (Wildman–Crippen LogP) is 5.76. The highest BCUT2D eigenvalue weighted by molar-refractivity contribution is 5.63. The lowest BCUT2D eigenvalue weighted by Crippen LogP contribution is -2.58. The van der Waals surface area contributed by atoms with Crippen LogP contribution in [0.4, 0.5) is 40.8 Å². The second kappa shape index (κ2) is 5.38. The van der Waals surface area contributed by atoms with Crippen LogP contribution in [0.1, 0.15) is 22.9 Å². The standard InChI is InChI=1S/C18H7F8NO2/c1-27-8-4-7(19)5-9(6-8)29-11-3-2-10-13-12(11)14(20)17(23,24)15(13,28)18(25,26)16(10,21)22/h2-6,14,28H. The van der Waals surface area contributed by atoms with Gasteiger partial charge in [0.25, 0.3) is 0 Å². The van der Waals surface area contributed by atoms with Gasteiger partial charge in [0, 0.05) is 22.8 Å². The third kappa shape index (κ3) is 2.04. The van der Waals surface area contributed by atoms with Crippen LogP contribution in [0.25, 0.3) is 4.85 Å². The molecule has 2 aliphatic carbocycles. The predicted molar refractivity (Wildman–Crippen MR) is 80.7 cm³/mol. The number of halogens is 8. The van der Waals surface area contributed by atoms with Gasteiger partial charge in [-0.3, -0.25) is 0 Å². The number of aliphatic hydroxyl groups is 1. The van der Waals surface area contributed by atoms with Gasteiger partial charge < -0.3 is 9.84 Å². The summed E-state index contributed by atoms with van der Waals surface area (Å²) in [4.78, 5) is 2.93. The van der Waals surface area contributed by atoms with Crippen molar-refractivity contribution in [1.29, 1.82) is 0 Å². The van der Waals surface area contributed by atoms with E-state index in [4.69, 9.17) is 11.3 Å². The highest BCUT2D eigenvalue weighted by atomic mass is 19.3. The SMILES string of the molecule is [C-]#[N+]c1cc(F)cc(Oc2ccc3c4c2C(F)C(F)(F)C4(O)C(F)(F)C3(F)F)c1. The van der Waals surface area contributed by atoms with Crippen LogP contribution in [0.5, 0.6) is 11.5 Å². The lowest BCUT2D eigenvalue weighted by atomic mass is 9.91. The fraction of sp³-hybridized carbons (Fsp3) is 0.278. The number of hydrogen-bond acceptors (Lipinski definition) is 2. The first kappa shape index (κ1) is 19.4. The van der Waals surface area contributed by atoms with E-state index >= 15 is 0 Å². The van der Waals surface area contributed by atoms with Crippen molar-refractivity contribution in [2.24, 2.45) is 0 Å². The monoisotopic (exact) mass is 421 g/mol. The second-order valence-corrected chi connectivity index (χ2v) is 6.60. The van der Waals surface area contributed by atoms with Crippen LogP contribution in [0.3, 0.4) is 0 Å². The van der Waals surface area contributed by atoms with Gasteiger partial charge in [0.2, 0.25) is 5.60 Å². The maximum Gasteiger partial charge on any atom is 0.352 e. The summed E-state index contributed by atoms with van der Waals surface area (Å²) in [7, 11) is 0. The number of benzene rings is 2. The van der Waals surface area contributed by atoms with Gasteiger partial charge in [-0.15, -0.1) is 0 Å². The Hall–Kier alpha value is -2.87. The first-order valence-corrected chi connectivity index (χ1v) is 7.84. The van der Waals surface area contributed by atoms with Crippen LogP contribution in [-0.2, 0) is 11.5 Å². The molecule has 2 aromatic carbocycles. The zero-order valence-corrected chi connectivity index (χ0v) is 13.8. The molecule has 3 nitrogen and oxygen atoms in total. The average molecular weight is 421 g/mol. The molecule has 0 heterocycles. The summed E-state index contributed by atoms with van der Waals surface area (Å²) in [5.74, 6) is -18.6. The summed E-state index contributed by atoms with van der Waals surface area (Å²) in [5, 5.41) is 10.0. The quantitative estimate of drug-likeness (QED) is 0.495. The molecule has 152 valence electrons. The van der Waals surface area contributed by atoms with Crippen molar-refractivity contribution in [3.8, 4) is 11.5 Å². The van der Waals surface area contributed by atoms with E-state index in [1.807, 2.05) is 0 Å². The Labute approximate surface area is 157 Å². The molecule has 2 aliphatic rings. The van der Waals surface area contributed by atoms with Crippen molar-refractivity contribution >= 4 is 5.69 Å². The zero-order valence-electron chi connectivity index (χ0n) is 13.8. The zero-order chi connectivity index (χ0) is 21.6. The third-order valence-electron chi connectivity index (χ3n) is 5.02. The van der Waals surface area contributed by atoms with E-state index in [0.29, 0.717) is 18.2 Å². The molecule has 0 saturated heterocycles. The summed E-state index contributed by atoms with van der Waals surface area (Å²) in [6.45, 7) is 6.84. The molecular formula is C18H7F8NO2. The molecule has 1 N–H and O–H groups in total. The van der Waals surface area contributed by atoms with Gasteiger partial charge in [-0.2, -0.15) is 26.3 Å². The van der Waals surface area contributed by atoms with Crippen molar-refractivity contribution in [2.45, 2.75) is 29.5 Å². The van der Waals surface area contributed by atoms with E-state index in [-0.39, 0.29) is 5.69 Å². The van der Waals surface area contributed by atoms with E-state index < -0.39 is 63.5 Å². The van der Waals surface area contributed by atoms with Gasteiger partial charge in [-0.1, -0.05) is 0 Å². The van der Waals surface area contributed by atoms with E-state index in [1.54, 1.807) is 0 Å². The topological polar surface area (TPSA) is 33.8 Å². The Morgan fingerprint density at radius 2 is 1.69 bits per heavy atom. The smallest absolute Gasteiger partial charge is 0.352 e. The molecule has 0 amide bonds. The van der Waals surface area contributed by atoms with Gasteiger partial charge in [0.15, 0.2) is 11.9 Å². The van der Waals surface area contributed by atoms with Crippen LogP contribution in [-0.4, -0.2) is 17.0 Å². The number of rotatable bonds is 2. The molecule has 2 unspecified atom stereocenters. The Balaban J connectivity index is 1.96. The minimum absolute atomic E-state index is 0.283. The van der Waals surface area contributed by atoms with Gasteiger partial charge in [-0.05, 0) is 24.3 Å². The highest BCUT2D eigenvalue weighted by Crippen LogP contribution is 2.73. The summed E-state index contributed by atoms with van der Waals surface area (Å²) < 4.78 is 118. The molecule has 0 radical (unpaired) electrons. The molecular weight excluding hydrogens is 414 g/mol. The molecule has 29 heavy (non-hydrogen) atoms. The van der Waals surface area contributed by atoms with E-state index in [0.717, 1.165) is 12.1 Å². The van der Waals surface area contributed by atoms with Gasteiger partial charge >= 0.3 is 17.8 Å². The number of hydrogen-bond donors (Lipinski definition) is 1. The molecule has 0 fully saturated rings. The van der Waals surface area contributed by atoms with Crippen LogP contribution < -0.4 is 4.74 Å². The van der Waals surface area contributed by atoms with E-state index in [1.165, 1.54) is 0 Å². The molecule has 0 spiro atoms. The average Bonchev–Trinajstić information content (AvgIpc) is 2.87. The molecule has 0 bridgehead atoms. The summed E-state index contributed by atoms with van der Waals surface area (Å²) in [5.41, 5.74) is -9.80. The summed E-state index contributed by atoms with van der Waals surface area (Å²) in [6.07, 6.45) is -3.60. The first-order chi connectivity index (χ1) is 13.3. The minimum atomic E-state index is -5.71. The molecule has 0 aliphatic heterocycles. The lowest BCUT2D eigenvalue weighted by Gasteiger charge is -2.35. The van der Waals surface area contributed by atoms with E-state index in [9.17, 15) is 40.2 Å². The highest BCUT2D eigenvalue weighted by Gasteiger charge is 2.88. The van der Waals surface area contributed by atoms with Crippen LogP contribution >= 0.6 is 0 Å². The van der Waals surface area contributed by atoms with Crippen LogP contribution in [0, 0.1) is 12.4 Å². The molecule has 2 atom stereocenters. The van der Waals surface area contributed by atoms with Crippen molar-refractivity contribution in [1.82, 2.24) is 0 Å². The number of alkyl halides is 7. The number of nitrogens with zero attached hydrogens (tertiary/aromatic N) is 1.